The van der Waals surface area contributed by atoms with Crippen LogP contribution in [0.1, 0.15) is 5.56 Å². The number of thiocarbonyl (C=S) groups is 1. The predicted molar refractivity (Wildman–Crippen MR) is 111 cm³/mol. The molecule has 0 N–H and O–H groups in total. The van der Waals surface area contributed by atoms with Gasteiger partial charge in [-0.25, -0.2) is 0 Å². The maximum atomic E-state index is 5.85. The van der Waals surface area contributed by atoms with Crippen molar-refractivity contribution in [1.82, 2.24) is 0 Å². The Balaban J connectivity index is 0.00000208. The van der Waals surface area contributed by atoms with E-state index in [1.807, 2.05) is 0 Å². The molecule has 3 rings (SSSR count). The minimum Gasteiger partial charge on any atom is -0.0713 e. The Hall–Kier alpha value is -0.782. The monoisotopic (exact) mass is 537 g/mol. The minimum atomic E-state index is -1.05. The zero-order valence-electron chi connectivity index (χ0n) is 13.1. The van der Waals surface area contributed by atoms with Crippen LogP contribution in [0.3, 0.4) is 0 Å². The number of hydrogen-bond acceptors (Lipinski definition) is 2. The molecule has 0 fully saturated rings. The van der Waals surface area contributed by atoms with Gasteiger partial charge in [0, 0.05) is 26.8 Å². The summed E-state index contributed by atoms with van der Waals surface area (Å²) < 4.78 is 1.12. The molecule has 0 saturated carbocycles. The molecule has 120 valence electrons. The first kappa shape index (κ1) is 19.5. The van der Waals surface area contributed by atoms with Crippen LogP contribution in [0.2, 0.25) is 0 Å². The maximum absolute atomic E-state index is 5.85. The van der Waals surface area contributed by atoms with Crippen molar-refractivity contribution in [2.24, 2.45) is 0 Å². The van der Waals surface area contributed by atoms with Crippen molar-refractivity contribution in [3.63, 3.8) is 0 Å². The van der Waals surface area contributed by atoms with Gasteiger partial charge in [0.2, 0.25) is 0 Å². The first-order chi connectivity index (χ1) is 11.3. The molecule has 0 bridgehead atoms. The van der Waals surface area contributed by atoms with E-state index in [4.69, 9.17) is 12.2 Å². The topological polar surface area (TPSA) is 0 Å². The van der Waals surface area contributed by atoms with Gasteiger partial charge in [-0.15, -0.1) is 0 Å². The molecule has 0 aliphatic rings. The second-order valence-corrected chi connectivity index (χ2v) is 9.95. The Morgan fingerprint density at radius 2 is 1.12 bits per heavy atom. The summed E-state index contributed by atoms with van der Waals surface area (Å²) in [6.07, 6.45) is 0. The van der Waals surface area contributed by atoms with Crippen LogP contribution in [-0.2, 0) is 26.8 Å². The van der Waals surface area contributed by atoms with E-state index >= 15 is 0 Å². The molecule has 0 unspecified atom stereocenters. The molecule has 3 aromatic rings. The third-order valence-electron chi connectivity index (χ3n) is 3.54. The van der Waals surface area contributed by atoms with E-state index in [0.29, 0.717) is 0 Å². The molecule has 0 aromatic heterocycles. The van der Waals surface area contributed by atoms with E-state index in [1.54, 1.807) is 11.8 Å². The van der Waals surface area contributed by atoms with Crippen molar-refractivity contribution in [2.75, 3.05) is 0 Å². The Labute approximate surface area is 169 Å². The minimum absolute atomic E-state index is 0. The van der Waals surface area contributed by atoms with E-state index in [1.165, 1.54) is 16.2 Å². The van der Waals surface area contributed by atoms with Gasteiger partial charge in [-0.3, -0.25) is 0 Å². The molecule has 3 aromatic carbocycles. The van der Waals surface area contributed by atoms with Gasteiger partial charge in [0.25, 0.3) is 0 Å². The smallest absolute Gasteiger partial charge is 0.0713 e. The molecular formula is C20H18PS2W+. The normalized spacial score (nSPS) is 10.2. The van der Waals surface area contributed by atoms with Crippen LogP contribution in [0, 0.1) is 0 Å². The van der Waals surface area contributed by atoms with Crippen LogP contribution < -0.4 is 10.6 Å². The fraction of sp³-hybridized carbons (Fsp3) is 0.0500. The summed E-state index contributed by atoms with van der Waals surface area (Å²) in [6, 6.07) is 31.9. The van der Waals surface area contributed by atoms with Gasteiger partial charge >= 0.3 is 0 Å². The largest absolute Gasteiger partial charge is 0.198 e. The molecule has 0 spiro atoms. The van der Waals surface area contributed by atoms with E-state index < -0.39 is 7.92 Å². The van der Waals surface area contributed by atoms with Crippen LogP contribution in [0.25, 0.3) is 0 Å². The summed E-state index contributed by atoms with van der Waals surface area (Å²) in [6.45, 7) is 0. The fourth-order valence-corrected chi connectivity index (χ4v) is 7.14. The zero-order valence-corrected chi connectivity index (χ0v) is 18.7. The van der Waals surface area contributed by atoms with E-state index in [0.717, 1.165) is 9.69 Å². The van der Waals surface area contributed by atoms with Gasteiger partial charge in [-0.05, 0) is 42.0 Å². The molecule has 0 amide bonds. The fourth-order valence-electron chi connectivity index (χ4n) is 2.41. The molecule has 0 aliphatic heterocycles. The molecular weight excluding hydrogens is 519 g/mol. The van der Waals surface area contributed by atoms with Gasteiger partial charge in [-0.2, -0.15) is 0 Å². The van der Waals surface area contributed by atoms with Crippen molar-refractivity contribution in [3.05, 3.63) is 96.6 Å². The van der Waals surface area contributed by atoms with Gasteiger partial charge < -0.3 is 0 Å². The van der Waals surface area contributed by atoms with Crippen LogP contribution in [0.5, 0.6) is 0 Å². The quantitative estimate of drug-likeness (QED) is 0.330. The first-order valence-corrected chi connectivity index (χ1v) is 10.4. The summed E-state index contributed by atoms with van der Waals surface area (Å²) in [5, 5.41) is 2.71. The van der Waals surface area contributed by atoms with Gasteiger partial charge in [0.05, 0.1) is 0 Å². The Kier molecular flexibility index (Phi) is 8.36. The standard InChI is InChI=1S/C20H17PS2.W/c22-20(23-16-17-10-4-1-5-11-17)21(18-12-6-2-7-13-18)19-14-8-3-9-15-19;/h1-15H,16H2;/p+1. The van der Waals surface area contributed by atoms with Crippen LogP contribution in [0.15, 0.2) is 91.0 Å². The average Bonchev–Trinajstić information content (AvgIpc) is 2.63. The Bertz CT molecular complexity index is 709. The zero-order chi connectivity index (χ0) is 15.9. The summed E-state index contributed by atoms with van der Waals surface area (Å²) in [4.78, 5) is 0. The summed E-state index contributed by atoms with van der Waals surface area (Å²) >= 11 is 7.65. The van der Waals surface area contributed by atoms with Crippen LogP contribution >= 0.6 is 31.9 Å². The molecule has 0 heterocycles. The number of hydrogen-bond donors (Lipinski definition) is 0. The Morgan fingerprint density at radius 3 is 1.58 bits per heavy atom. The second kappa shape index (κ2) is 10.3. The number of benzene rings is 3. The molecule has 0 nitrogen and oxygen atoms in total. The summed E-state index contributed by atoms with van der Waals surface area (Å²) in [5.74, 6) is 0.938. The number of thioether (sulfide) groups is 1. The second-order valence-electron chi connectivity index (χ2n) is 5.17. The summed E-state index contributed by atoms with van der Waals surface area (Å²) in [7, 11) is -1.05. The van der Waals surface area contributed by atoms with Crippen molar-refractivity contribution in [3.8, 4) is 0 Å². The van der Waals surface area contributed by atoms with Gasteiger partial charge in [0.1, 0.15) is 18.5 Å². The third-order valence-corrected chi connectivity index (χ3v) is 8.52. The first-order valence-electron chi connectivity index (χ1n) is 7.53. The van der Waals surface area contributed by atoms with Crippen molar-refractivity contribution >= 4 is 46.4 Å². The maximum Gasteiger partial charge on any atom is 0.198 e. The molecule has 4 heteroatoms. The third kappa shape index (κ3) is 5.36. The van der Waals surface area contributed by atoms with Gasteiger partial charge in [0.15, 0.2) is 3.94 Å². The van der Waals surface area contributed by atoms with Crippen molar-refractivity contribution < 1.29 is 21.1 Å². The van der Waals surface area contributed by atoms with Gasteiger partial charge in [-0.1, -0.05) is 78.5 Å². The molecule has 0 aliphatic carbocycles. The van der Waals surface area contributed by atoms with E-state index in [2.05, 4.69) is 91.0 Å². The average molecular weight is 537 g/mol. The Morgan fingerprint density at radius 1 is 0.708 bits per heavy atom. The van der Waals surface area contributed by atoms with E-state index in [9.17, 15) is 0 Å². The SMILES string of the molecule is S=C(SCc1ccccc1)[PH+](c1ccccc1)c1ccccc1.[W]. The van der Waals surface area contributed by atoms with Crippen molar-refractivity contribution in [1.29, 1.82) is 0 Å². The molecule has 0 radical (unpaired) electrons. The van der Waals surface area contributed by atoms with E-state index in [-0.39, 0.29) is 21.1 Å². The number of rotatable bonds is 5. The molecule has 0 atom stereocenters. The molecule has 0 saturated heterocycles. The van der Waals surface area contributed by atoms with Crippen molar-refractivity contribution in [2.45, 2.75) is 5.75 Å². The van der Waals surface area contributed by atoms with Crippen LogP contribution in [-0.4, -0.2) is 3.94 Å². The summed E-state index contributed by atoms with van der Waals surface area (Å²) in [5.41, 5.74) is 1.32. The molecule has 24 heavy (non-hydrogen) atoms. The van der Waals surface area contributed by atoms with Crippen LogP contribution in [0.4, 0.5) is 0 Å². The predicted octanol–water partition coefficient (Wildman–Crippen LogP) is 5.07.